The molecule has 0 aromatic heterocycles. The summed E-state index contributed by atoms with van der Waals surface area (Å²) in [6.07, 6.45) is 1.98. The molecule has 0 aliphatic carbocycles. The van der Waals surface area contributed by atoms with Gasteiger partial charge >= 0.3 is 0 Å². The van der Waals surface area contributed by atoms with Gasteiger partial charge in [-0.2, -0.15) is 0 Å². The highest BCUT2D eigenvalue weighted by atomic mass is 16.3. The van der Waals surface area contributed by atoms with Gasteiger partial charge in [-0.25, -0.2) is 0 Å². The molecule has 4 nitrogen and oxygen atoms in total. The van der Waals surface area contributed by atoms with E-state index < -0.39 is 6.10 Å². The minimum Gasteiger partial charge on any atom is -0.391 e. The van der Waals surface area contributed by atoms with Gasteiger partial charge in [-0.05, 0) is 37.8 Å². The van der Waals surface area contributed by atoms with Gasteiger partial charge in [0.1, 0.15) is 0 Å². The Morgan fingerprint density at radius 1 is 1.39 bits per heavy atom. The average Bonchev–Trinajstić information content (AvgIpc) is 2.24. The number of piperidine rings is 1. The van der Waals surface area contributed by atoms with Crippen molar-refractivity contribution in [1.82, 2.24) is 10.6 Å². The van der Waals surface area contributed by atoms with Gasteiger partial charge in [-0.1, -0.05) is 27.7 Å². The molecule has 3 N–H and O–H groups in total. The van der Waals surface area contributed by atoms with Gasteiger partial charge in [0.05, 0.1) is 6.10 Å². The molecule has 0 spiro atoms. The maximum absolute atomic E-state index is 12.1. The van der Waals surface area contributed by atoms with Gasteiger partial charge in [0.25, 0.3) is 0 Å². The molecule has 1 fully saturated rings. The van der Waals surface area contributed by atoms with Gasteiger partial charge in [0, 0.05) is 12.0 Å². The Balaban J connectivity index is 2.36. The fourth-order valence-corrected chi connectivity index (χ4v) is 2.41. The zero-order valence-electron chi connectivity index (χ0n) is 12.2. The predicted molar refractivity (Wildman–Crippen MR) is 73.3 cm³/mol. The first kappa shape index (κ1) is 15.4. The van der Waals surface area contributed by atoms with Crippen molar-refractivity contribution in [1.29, 1.82) is 0 Å². The molecule has 1 heterocycles. The van der Waals surface area contributed by atoms with Gasteiger partial charge in [0.15, 0.2) is 0 Å². The van der Waals surface area contributed by atoms with Crippen LogP contribution in [-0.4, -0.2) is 36.8 Å². The lowest BCUT2D eigenvalue weighted by atomic mass is 9.80. The van der Waals surface area contributed by atoms with Crippen molar-refractivity contribution in [2.45, 2.75) is 53.1 Å². The highest BCUT2D eigenvalue weighted by molar-refractivity contribution is 5.82. The summed E-state index contributed by atoms with van der Waals surface area (Å²) in [6.45, 7) is 10.4. The highest BCUT2D eigenvalue weighted by Gasteiger charge is 2.34. The van der Waals surface area contributed by atoms with Gasteiger partial charge in [-0.3, -0.25) is 4.79 Å². The van der Waals surface area contributed by atoms with Crippen LogP contribution in [0.15, 0.2) is 0 Å². The van der Waals surface area contributed by atoms with Crippen LogP contribution in [0, 0.1) is 10.8 Å². The Morgan fingerprint density at radius 3 is 2.44 bits per heavy atom. The van der Waals surface area contributed by atoms with E-state index in [9.17, 15) is 9.90 Å². The summed E-state index contributed by atoms with van der Waals surface area (Å²) >= 11 is 0. The molecule has 1 atom stereocenters. The van der Waals surface area contributed by atoms with E-state index in [0.29, 0.717) is 13.0 Å². The van der Waals surface area contributed by atoms with Crippen LogP contribution in [-0.2, 0) is 4.79 Å². The Kier molecular flexibility index (Phi) is 5.17. The maximum atomic E-state index is 12.1. The fourth-order valence-electron chi connectivity index (χ4n) is 2.41. The standard InChI is InChI=1S/C14H28N2O2/c1-13(2,3)9-11(17)10-16-12(18)14(4)5-7-15-8-6-14/h11,15,17H,5-10H2,1-4H3,(H,16,18). The molecule has 0 radical (unpaired) electrons. The molecule has 1 aliphatic rings. The van der Waals surface area contributed by atoms with E-state index in [1.165, 1.54) is 0 Å². The summed E-state index contributed by atoms with van der Waals surface area (Å²) in [7, 11) is 0. The number of aliphatic hydroxyl groups excluding tert-OH is 1. The second-order valence-electron chi connectivity index (χ2n) is 6.94. The lowest BCUT2D eigenvalue weighted by molar-refractivity contribution is -0.132. The van der Waals surface area contributed by atoms with Gasteiger partial charge < -0.3 is 15.7 Å². The summed E-state index contributed by atoms with van der Waals surface area (Å²) in [5, 5.41) is 16.0. The number of rotatable bonds is 4. The maximum Gasteiger partial charge on any atom is 0.226 e. The second kappa shape index (κ2) is 6.02. The zero-order valence-corrected chi connectivity index (χ0v) is 12.2. The van der Waals surface area contributed by atoms with E-state index in [1.54, 1.807) is 0 Å². The normalized spacial score (nSPS) is 21.4. The Labute approximate surface area is 111 Å². The van der Waals surface area contributed by atoms with Crippen LogP contribution in [0.2, 0.25) is 0 Å². The van der Waals surface area contributed by atoms with E-state index in [1.807, 2.05) is 6.92 Å². The third-order valence-corrected chi connectivity index (χ3v) is 3.60. The first-order valence-corrected chi connectivity index (χ1v) is 6.90. The lowest BCUT2D eigenvalue weighted by Crippen LogP contribution is -2.47. The second-order valence-corrected chi connectivity index (χ2v) is 6.94. The number of hydrogen-bond acceptors (Lipinski definition) is 3. The molecule has 1 amide bonds. The minimum absolute atomic E-state index is 0.0805. The van der Waals surface area contributed by atoms with Crippen LogP contribution in [0.5, 0.6) is 0 Å². The average molecular weight is 256 g/mol. The Bertz CT molecular complexity index is 278. The van der Waals surface area contributed by atoms with Crippen LogP contribution >= 0.6 is 0 Å². The van der Waals surface area contributed by atoms with E-state index in [0.717, 1.165) is 25.9 Å². The first-order valence-electron chi connectivity index (χ1n) is 6.90. The number of aliphatic hydroxyl groups is 1. The highest BCUT2D eigenvalue weighted by Crippen LogP contribution is 2.28. The largest absolute Gasteiger partial charge is 0.391 e. The molecule has 0 bridgehead atoms. The summed E-state index contributed by atoms with van der Waals surface area (Å²) in [6, 6.07) is 0. The van der Waals surface area contributed by atoms with Crippen LogP contribution in [0.25, 0.3) is 0 Å². The third-order valence-electron chi connectivity index (χ3n) is 3.60. The number of hydrogen-bond donors (Lipinski definition) is 3. The molecule has 4 heteroatoms. The Hall–Kier alpha value is -0.610. The number of amides is 1. The molecule has 1 unspecified atom stereocenters. The van der Waals surface area contributed by atoms with Crippen molar-refractivity contribution in [2.75, 3.05) is 19.6 Å². The third kappa shape index (κ3) is 4.94. The molecule has 0 saturated carbocycles. The SMILES string of the molecule is CC(C)(C)CC(O)CNC(=O)C1(C)CCNCC1. The van der Waals surface area contributed by atoms with Crippen LogP contribution < -0.4 is 10.6 Å². The van der Waals surface area contributed by atoms with Crippen molar-refractivity contribution in [2.24, 2.45) is 10.8 Å². The van der Waals surface area contributed by atoms with Crippen LogP contribution in [0.1, 0.15) is 47.0 Å². The van der Waals surface area contributed by atoms with Crippen molar-refractivity contribution in [3.8, 4) is 0 Å². The number of carbonyl (C=O) groups excluding carboxylic acids is 1. The van der Waals surface area contributed by atoms with Crippen molar-refractivity contribution in [3.63, 3.8) is 0 Å². The van der Waals surface area contributed by atoms with Gasteiger partial charge in [0.2, 0.25) is 5.91 Å². The van der Waals surface area contributed by atoms with Crippen molar-refractivity contribution < 1.29 is 9.90 Å². The number of carbonyl (C=O) groups is 1. The molecule has 0 aromatic carbocycles. The van der Waals surface area contributed by atoms with E-state index in [-0.39, 0.29) is 16.7 Å². The van der Waals surface area contributed by atoms with Gasteiger partial charge in [-0.15, -0.1) is 0 Å². The minimum atomic E-state index is -0.459. The molecule has 0 aromatic rings. The monoisotopic (exact) mass is 256 g/mol. The van der Waals surface area contributed by atoms with E-state index in [4.69, 9.17) is 0 Å². The summed E-state index contributed by atoms with van der Waals surface area (Å²) < 4.78 is 0. The topological polar surface area (TPSA) is 61.4 Å². The quantitative estimate of drug-likeness (QED) is 0.710. The zero-order chi connectivity index (χ0) is 13.8. The molecular formula is C14H28N2O2. The fraction of sp³-hybridized carbons (Fsp3) is 0.929. The molecule has 1 rings (SSSR count). The van der Waals surface area contributed by atoms with Crippen molar-refractivity contribution >= 4 is 5.91 Å². The summed E-state index contributed by atoms with van der Waals surface area (Å²) in [4.78, 5) is 12.1. The molecule has 18 heavy (non-hydrogen) atoms. The predicted octanol–water partition coefficient (Wildman–Crippen LogP) is 1.29. The Morgan fingerprint density at radius 2 is 1.94 bits per heavy atom. The van der Waals surface area contributed by atoms with Crippen molar-refractivity contribution in [3.05, 3.63) is 0 Å². The smallest absolute Gasteiger partial charge is 0.226 e. The summed E-state index contributed by atoms with van der Waals surface area (Å²) in [5.41, 5.74) is -0.185. The summed E-state index contributed by atoms with van der Waals surface area (Å²) in [5.74, 6) is 0.0805. The molecular weight excluding hydrogens is 228 g/mol. The van der Waals surface area contributed by atoms with E-state index >= 15 is 0 Å². The molecule has 1 saturated heterocycles. The lowest BCUT2D eigenvalue weighted by Gasteiger charge is -2.33. The molecule has 1 aliphatic heterocycles. The molecule has 106 valence electrons. The van der Waals surface area contributed by atoms with Crippen LogP contribution in [0.4, 0.5) is 0 Å². The van der Waals surface area contributed by atoms with Crippen LogP contribution in [0.3, 0.4) is 0 Å². The first-order chi connectivity index (χ1) is 8.23. The number of nitrogens with one attached hydrogen (secondary N) is 2. The van der Waals surface area contributed by atoms with E-state index in [2.05, 4.69) is 31.4 Å².